The molecule has 1 N–H and O–H groups in total. The number of hydrogen-bond donors (Lipinski definition) is 1. The van der Waals surface area contributed by atoms with Crippen molar-refractivity contribution in [2.75, 3.05) is 11.9 Å². The molecule has 0 saturated heterocycles. The SMILES string of the molecule is CCC(C)N(CC(=O)Nc1ccccc1C#N)C(C)=O. The molecule has 1 unspecified atom stereocenters. The van der Waals surface area contributed by atoms with Gasteiger partial charge in [-0.2, -0.15) is 5.26 Å². The molecular weight excluding hydrogens is 254 g/mol. The summed E-state index contributed by atoms with van der Waals surface area (Å²) >= 11 is 0. The summed E-state index contributed by atoms with van der Waals surface area (Å²) in [5, 5.41) is 11.6. The van der Waals surface area contributed by atoms with E-state index in [0.29, 0.717) is 11.3 Å². The Morgan fingerprint density at radius 1 is 1.40 bits per heavy atom. The molecule has 0 aliphatic rings. The van der Waals surface area contributed by atoms with Crippen molar-refractivity contribution < 1.29 is 9.59 Å². The van der Waals surface area contributed by atoms with Crippen molar-refractivity contribution in [2.24, 2.45) is 0 Å². The molecule has 0 aliphatic carbocycles. The molecule has 2 amide bonds. The van der Waals surface area contributed by atoms with Gasteiger partial charge in [0, 0.05) is 13.0 Å². The normalized spacial score (nSPS) is 11.3. The number of rotatable bonds is 5. The van der Waals surface area contributed by atoms with Crippen LogP contribution in [0.25, 0.3) is 0 Å². The number of nitrogens with zero attached hydrogens (tertiary/aromatic N) is 2. The van der Waals surface area contributed by atoms with Gasteiger partial charge in [-0.1, -0.05) is 19.1 Å². The van der Waals surface area contributed by atoms with Gasteiger partial charge < -0.3 is 10.2 Å². The van der Waals surface area contributed by atoms with Crippen molar-refractivity contribution in [1.29, 1.82) is 5.26 Å². The molecule has 1 aromatic rings. The average Bonchev–Trinajstić information content (AvgIpc) is 2.44. The van der Waals surface area contributed by atoms with Gasteiger partial charge in [-0.3, -0.25) is 9.59 Å². The lowest BCUT2D eigenvalue weighted by molar-refractivity contribution is -0.134. The first-order valence-corrected chi connectivity index (χ1v) is 6.55. The van der Waals surface area contributed by atoms with Crippen LogP contribution >= 0.6 is 0 Å². The number of carbonyl (C=O) groups is 2. The van der Waals surface area contributed by atoms with Gasteiger partial charge in [-0.25, -0.2) is 0 Å². The smallest absolute Gasteiger partial charge is 0.244 e. The van der Waals surface area contributed by atoms with Crippen molar-refractivity contribution in [3.8, 4) is 6.07 Å². The van der Waals surface area contributed by atoms with E-state index in [9.17, 15) is 9.59 Å². The van der Waals surface area contributed by atoms with Gasteiger partial charge in [0.2, 0.25) is 11.8 Å². The molecule has 20 heavy (non-hydrogen) atoms. The molecule has 1 atom stereocenters. The number of para-hydroxylation sites is 1. The van der Waals surface area contributed by atoms with E-state index in [1.165, 1.54) is 11.8 Å². The van der Waals surface area contributed by atoms with Gasteiger partial charge >= 0.3 is 0 Å². The number of hydrogen-bond acceptors (Lipinski definition) is 3. The second kappa shape index (κ2) is 7.29. The maximum absolute atomic E-state index is 12.0. The van der Waals surface area contributed by atoms with Crippen molar-refractivity contribution in [3.63, 3.8) is 0 Å². The molecule has 5 heteroatoms. The van der Waals surface area contributed by atoms with E-state index >= 15 is 0 Å². The minimum absolute atomic E-state index is 0.00413. The number of carbonyl (C=O) groups excluding carboxylic acids is 2. The van der Waals surface area contributed by atoms with E-state index in [2.05, 4.69) is 5.32 Å². The molecule has 0 saturated carbocycles. The Morgan fingerprint density at radius 3 is 2.60 bits per heavy atom. The first-order chi connectivity index (χ1) is 9.49. The first-order valence-electron chi connectivity index (χ1n) is 6.55. The van der Waals surface area contributed by atoms with Gasteiger partial charge in [0.25, 0.3) is 0 Å². The lowest BCUT2D eigenvalue weighted by Gasteiger charge is -2.26. The Balaban J connectivity index is 2.76. The van der Waals surface area contributed by atoms with Crippen LogP contribution in [-0.2, 0) is 9.59 Å². The largest absolute Gasteiger partial charge is 0.331 e. The summed E-state index contributed by atoms with van der Waals surface area (Å²) in [6.45, 7) is 5.30. The standard InChI is InChI=1S/C15H19N3O2/c1-4-11(2)18(12(3)19)10-15(20)17-14-8-6-5-7-13(14)9-16/h5-8,11H,4,10H2,1-3H3,(H,17,20). The Morgan fingerprint density at radius 2 is 2.05 bits per heavy atom. The van der Waals surface area contributed by atoms with Gasteiger partial charge in [0.15, 0.2) is 0 Å². The summed E-state index contributed by atoms with van der Waals surface area (Å²) < 4.78 is 0. The third-order valence-electron chi connectivity index (χ3n) is 3.16. The molecule has 1 rings (SSSR count). The van der Waals surface area contributed by atoms with Gasteiger partial charge in [0.1, 0.15) is 12.6 Å². The molecular formula is C15H19N3O2. The van der Waals surface area contributed by atoms with Crippen molar-refractivity contribution in [2.45, 2.75) is 33.2 Å². The summed E-state index contributed by atoms with van der Waals surface area (Å²) in [5.74, 6) is -0.439. The highest BCUT2D eigenvalue weighted by atomic mass is 16.2. The van der Waals surface area contributed by atoms with Crippen LogP contribution in [0.4, 0.5) is 5.69 Å². The second-order valence-electron chi connectivity index (χ2n) is 4.61. The highest BCUT2D eigenvalue weighted by molar-refractivity contribution is 5.95. The van der Waals surface area contributed by atoms with Crippen LogP contribution in [0.3, 0.4) is 0 Å². The van der Waals surface area contributed by atoms with Crippen LogP contribution in [0.2, 0.25) is 0 Å². The van der Waals surface area contributed by atoms with Crippen LogP contribution in [0.5, 0.6) is 0 Å². The molecule has 0 radical (unpaired) electrons. The molecule has 0 aromatic heterocycles. The third kappa shape index (κ3) is 4.09. The van der Waals surface area contributed by atoms with E-state index in [4.69, 9.17) is 5.26 Å². The highest BCUT2D eigenvalue weighted by Gasteiger charge is 2.19. The zero-order valence-corrected chi connectivity index (χ0v) is 12.0. The molecule has 0 bridgehead atoms. The predicted molar refractivity (Wildman–Crippen MR) is 76.9 cm³/mol. The molecule has 0 aliphatic heterocycles. The van der Waals surface area contributed by atoms with Crippen molar-refractivity contribution in [3.05, 3.63) is 29.8 Å². The minimum atomic E-state index is -0.303. The number of amides is 2. The Labute approximate surface area is 119 Å². The quantitative estimate of drug-likeness (QED) is 0.893. The molecule has 0 spiro atoms. The van der Waals surface area contributed by atoms with E-state index < -0.39 is 0 Å². The summed E-state index contributed by atoms with van der Waals surface area (Å²) in [6.07, 6.45) is 0.779. The molecule has 106 valence electrons. The minimum Gasteiger partial charge on any atom is -0.331 e. The Bertz CT molecular complexity index is 534. The summed E-state index contributed by atoms with van der Waals surface area (Å²) in [4.78, 5) is 25.1. The molecule has 0 heterocycles. The Hall–Kier alpha value is -2.35. The second-order valence-corrected chi connectivity index (χ2v) is 4.61. The molecule has 0 fully saturated rings. The fourth-order valence-corrected chi connectivity index (χ4v) is 1.83. The first kappa shape index (κ1) is 15.7. The van der Waals surface area contributed by atoms with Crippen LogP contribution in [-0.4, -0.2) is 29.3 Å². The number of nitriles is 1. The molecule has 5 nitrogen and oxygen atoms in total. The monoisotopic (exact) mass is 273 g/mol. The topological polar surface area (TPSA) is 73.2 Å². The lowest BCUT2D eigenvalue weighted by atomic mass is 10.2. The predicted octanol–water partition coefficient (Wildman–Crippen LogP) is 2.14. The fraction of sp³-hybridized carbons (Fsp3) is 0.400. The van der Waals surface area contributed by atoms with Crippen LogP contribution < -0.4 is 5.32 Å². The van der Waals surface area contributed by atoms with Gasteiger partial charge in [-0.05, 0) is 25.5 Å². The summed E-state index contributed by atoms with van der Waals surface area (Å²) in [7, 11) is 0. The maximum atomic E-state index is 12.0. The van der Waals surface area contributed by atoms with E-state index in [-0.39, 0.29) is 24.4 Å². The summed E-state index contributed by atoms with van der Waals surface area (Å²) in [6, 6.07) is 8.79. The van der Waals surface area contributed by atoms with Crippen molar-refractivity contribution >= 4 is 17.5 Å². The zero-order valence-electron chi connectivity index (χ0n) is 12.0. The van der Waals surface area contributed by atoms with Crippen LogP contribution in [0, 0.1) is 11.3 Å². The average molecular weight is 273 g/mol. The number of anilines is 1. The number of nitrogens with one attached hydrogen (secondary N) is 1. The fourth-order valence-electron chi connectivity index (χ4n) is 1.83. The zero-order chi connectivity index (χ0) is 15.1. The molecule has 1 aromatic carbocycles. The van der Waals surface area contributed by atoms with Gasteiger partial charge in [-0.15, -0.1) is 0 Å². The van der Waals surface area contributed by atoms with Crippen LogP contribution in [0.15, 0.2) is 24.3 Å². The third-order valence-corrected chi connectivity index (χ3v) is 3.16. The number of benzene rings is 1. The van der Waals surface area contributed by atoms with Gasteiger partial charge in [0.05, 0.1) is 11.3 Å². The summed E-state index contributed by atoms with van der Waals surface area (Å²) in [5.41, 5.74) is 0.867. The van der Waals surface area contributed by atoms with Crippen molar-refractivity contribution in [1.82, 2.24) is 4.90 Å². The Kier molecular flexibility index (Phi) is 5.73. The maximum Gasteiger partial charge on any atom is 0.244 e. The van der Waals surface area contributed by atoms with E-state index in [1.54, 1.807) is 24.3 Å². The van der Waals surface area contributed by atoms with Crippen LogP contribution in [0.1, 0.15) is 32.8 Å². The highest BCUT2D eigenvalue weighted by Crippen LogP contribution is 2.13. The van der Waals surface area contributed by atoms with E-state index in [0.717, 1.165) is 6.42 Å². The lowest BCUT2D eigenvalue weighted by Crippen LogP contribution is -2.42. The van der Waals surface area contributed by atoms with E-state index in [1.807, 2.05) is 19.9 Å².